The van der Waals surface area contributed by atoms with Gasteiger partial charge in [0.2, 0.25) is 5.91 Å². The molecule has 1 aromatic rings. The summed E-state index contributed by atoms with van der Waals surface area (Å²) in [5, 5.41) is 7.19. The monoisotopic (exact) mass is 320 g/mol. The molecule has 3 heterocycles. The molecule has 0 saturated carbocycles. The van der Waals surface area contributed by atoms with Crippen molar-refractivity contribution >= 4 is 11.8 Å². The molecule has 0 aliphatic carbocycles. The van der Waals surface area contributed by atoms with E-state index in [0.717, 1.165) is 11.3 Å². The molecule has 7 heteroatoms. The van der Waals surface area contributed by atoms with Crippen LogP contribution < -0.4 is 0 Å². The van der Waals surface area contributed by atoms with Crippen LogP contribution in [0, 0.1) is 0 Å². The number of hydrogen-bond donors (Lipinski definition) is 1. The van der Waals surface area contributed by atoms with Gasteiger partial charge in [-0.3, -0.25) is 14.7 Å². The number of carbonyl (C=O) groups excluding carboxylic acids is 2. The van der Waals surface area contributed by atoms with Crippen molar-refractivity contribution in [3.63, 3.8) is 0 Å². The fourth-order valence-corrected chi connectivity index (χ4v) is 3.55. The average Bonchev–Trinajstić information content (AvgIpc) is 2.88. The van der Waals surface area contributed by atoms with E-state index in [4.69, 9.17) is 4.74 Å². The van der Waals surface area contributed by atoms with Gasteiger partial charge in [0.1, 0.15) is 5.54 Å². The van der Waals surface area contributed by atoms with Gasteiger partial charge in [-0.25, -0.2) is 0 Å². The van der Waals surface area contributed by atoms with Crippen molar-refractivity contribution in [3.8, 4) is 0 Å². The maximum Gasteiger partial charge on any atom is 0.275 e. The summed E-state index contributed by atoms with van der Waals surface area (Å²) in [5.41, 5.74) is 1.35. The molecule has 1 saturated heterocycles. The van der Waals surface area contributed by atoms with E-state index in [9.17, 15) is 9.59 Å². The number of aromatic nitrogens is 2. The molecule has 23 heavy (non-hydrogen) atoms. The summed E-state index contributed by atoms with van der Waals surface area (Å²) < 4.78 is 5.77. The molecular formula is C16H24N4O3. The van der Waals surface area contributed by atoms with Crippen LogP contribution in [0.25, 0.3) is 0 Å². The van der Waals surface area contributed by atoms with Crippen LogP contribution in [0.5, 0.6) is 0 Å². The van der Waals surface area contributed by atoms with Gasteiger partial charge < -0.3 is 14.5 Å². The highest BCUT2D eigenvalue weighted by atomic mass is 16.5. The number of ether oxygens (including phenoxy) is 1. The molecule has 0 spiro atoms. The number of fused-ring (bicyclic) bond motifs is 1. The van der Waals surface area contributed by atoms with Crippen LogP contribution in [0.1, 0.15) is 55.5 Å². The Balaban J connectivity index is 1.94. The number of nitrogens with one attached hydrogen (secondary N) is 1. The lowest BCUT2D eigenvalue weighted by molar-refractivity contribution is -0.144. The summed E-state index contributed by atoms with van der Waals surface area (Å²) in [6.07, 6.45) is 0.591. The van der Waals surface area contributed by atoms with Gasteiger partial charge in [0.15, 0.2) is 5.69 Å². The van der Waals surface area contributed by atoms with Crippen LogP contribution in [0.4, 0.5) is 0 Å². The smallest absolute Gasteiger partial charge is 0.275 e. The number of rotatable bonds is 1. The van der Waals surface area contributed by atoms with Gasteiger partial charge in [0, 0.05) is 32.1 Å². The molecule has 2 amide bonds. The van der Waals surface area contributed by atoms with Crippen molar-refractivity contribution in [2.24, 2.45) is 0 Å². The summed E-state index contributed by atoms with van der Waals surface area (Å²) in [6.45, 7) is 8.56. The van der Waals surface area contributed by atoms with Crippen LogP contribution in [-0.4, -0.2) is 63.6 Å². The summed E-state index contributed by atoms with van der Waals surface area (Å²) >= 11 is 0. The Morgan fingerprint density at radius 2 is 2.04 bits per heavy atom. The van der Waals surface area contributed by atoms with Crippen molar-refractivity contribution < 1.29 is 14.3 Å². The lowest BCUT2D eigenvalue weighted by Gasteiger charge is -2.44. The SMILES string of the molecule is C[C@@H]1Cc2c(C(=O)N3CCN(C)C(=O)C3(C)C)n[nH]c2[C@H](C)O1. The quantitative estimate of drug-likeness (QED) is 0.841. The van der Waals surface area contributed by atoms with Crippen LogP contribution >= 0.6 is 0 Å². The largest absolute Gasteiger partial charge is 0.369 e. The second-order valence-corrected chi connectivity index (χ2v) is 7.00. The lowest BCUT2D eigenvalue weighted by Crippen LogP contribution is -2.63. The van der Waals surface area contributed by atoms with E-state index in [1.807, 2.05) is 13.8 Å². The summed E-state index contributed by atoms with van der Waals surface area (Å²) in [6, 6.07) is 0. The number of amides is 2. The maximum absolute atomic E-state index is 13.0. The number of aromatic amines is 1. The molecule has 2 aliphatic rings. The minimum Gasteiger partial charge on any atom is -0.369 e. The van der Waals surface area contributed by atoms with E-state index in [-0.39, 0.29) is 24.0 Å². The van der Waals surface area contributed by atoms with E-state index in [2.05, 4.69) is 10.2 Å². The third kappa shape index (κ3) is 2.43. The number of nitrogens with zero attached hydrogens (tertiary/aromatic N) is 3. The van der Waals surface area contributed by atoms with Gasteiger partial charge in [-0.1, -0.05) is 0 Å². The molecule has 2 aliphatic heterocycles. The minimum atomic E-state index is -0.863. The minimum absolute atomic E-state index is 0.0452. The van der Waals surface area contributed by atoms with Gasteiger partial charge in [0.25, 0.3) is 5.91 Å². The average molecular weight is 320 g/mol. The molecule has 0 unspecified atom stereocenters. The fraction of sp³-hybridized carbons (Fsp3) is 0.688. The highest BCUT2D eigenvalue weighted by Gasteiger charge is 2.44. The van der Waals surface area contributed by atoms with Crippen molar-refractivity contribution in [1.29, 1.82) is 0 Å². The van der Waals surface area contributed by atoms with Crippen molar-refractivity contribution in [1.82, 2.24) is 20.0 Å². The molecule has 0 bridgehead atoms. The molecule has 0 aromatic carbocycles. The second-order valence-electron chi connectivity index (χ2n) is 7.00. The number of likely N-dealkylation sites (N-methyl/N-ethyl adjacent to an activating group) is 1. The Bertz CT molecular complexity index is 652. The summed E-state index contributed by atoms with van der Waals surface area (Å²) in [4.78, 5) is 28.8. The molecule has 1 aromatic heterocycles. The third-order valence-electron chi connectivity index (χ3n) is 4.89. The molecule has 2 atom stereocenters. The topological polar surface area (TPSA) is 78.5 Å². The van der Waals surface area contributed by atoms with Gasteiger partial charge in [-0.15, -0.1) is 0 Å². The molecule has 1 fully saturated rings. The van der Waals surface area contributed by atoms with Crippen molar-refractivity contribution in [2.75, 3.05) is 20.1 Å². The predicted molar refractivity (Wildman–Crippen MR) is 84.0 cm³/mol. The summed E-state index contributed by atoms with van der Waals surface area (Å²) in [7, 11) is 1.77. The third-order valence-corrected chi connectivity index (χ3v) is 4.89. The highest BCUT2D eigenvalue weighted by molar-refractivity contribution is 5.99. The molecule has 1 N–H and O–H groups in total. The van der Waals surface area contributed by atoms with Gasteiger partial charge in [-0.05, 0) is 27.7 Å². The molecule has 3 rings (SSSR count). The molecule has 7 nitrogen and oxygen atoms in total. The second kappa shape index (κ2) is 5.33. The normalized spacial score (nSPS) is 27.1. The summed E-state index contributed by atoms with van der Waals surface area (Å²) in [5.74, 6) is -0.234. The van der Waals surface area contributed by atoms with Crippen LogP contribution in [0.3, 0.4) is 0 Å². The van der Waals surface area contributed by atoms with Crippen LogP contribution in [0.2, 0.25) is 0 Å². The molecular weight excluding hydrogens is 296 g/mol. The number of hydrogen-bond acceptors (Lipinski definition) is 4. The number of piperazine rings is 1. The van der Waals surface area contributed by atoms with Crippen molar-refractivity contribution in [3.05, 3.63) is 17.0 Å². The molecule has 126 valence electrons. The highest BCUT2D eigenvalue weighted by Crippen LogP contribution is 2.32. The first-order valence-corrected chi connectivity index (χ1v) is 8.03. The van der Waals surface area contributed by atoms with E-state index >= 15 is 0 Å². The first kappa shape index (κ1) is 16.0. The Labute approximate surface area is 136 Å². The fourth-order valence-electron chi connectivity index (χ4n) is 3.55. The first-order valence-electron chi connectivity index (χ1n) is 8.03. The van der Waals surface area contributed by atoms with Crippen molar-refractivity contribution in [2.45, 2.75) is 51.9 Å². The zero-order chi connectivity index (χ0) is 16.9. The Hall–Kier alpha value is -1.89. The van der Waals surface area contributed by atoms with E-state index in [1.54, 1.807) is 30.7 Å². The Morgan fingerprint density at radius 1 is 1.35 bits per heavy atom. The Kier molecular flexibility index (Phi) is 3.71. The predicted octanol–water partition coefficient (Wildman–Crippen LogP) is 1.12. The zero-order valence-electron chi connectivity index (χ0n) is 14.3. The van der Waals surface area contributed by atoms with Gasteiger partial charge in [-0.2, -0.15) is 5.10 Å². The van der Waals surface area contributed by atoms with E-state index in [0.29, 0.717) is 25.2 Å². The van der Waals surface area contributed by atoms with Gasteiger partial charge >= 0.3 is 0 Å². The molecule has 0 radical (unpaired) electrons. The standard InChI is InChI=1S/C16H24N4O3/c1-9-8-11-12(10(2)23-9)17-18-13(11)14(21)20-7-6-19(5)15(22)16(20,3)4/h9-10H,6-8H2,1-5H3,(H,17,18)/t9-,10+/m1/s1. The number of carbonyl (C=O) groups is 2. The first-order chi connectivity index (χ1) is 10.7. The van der Waals surface area contributed by atoms with E-state index in [1.165, 1.54) is 0 Å². The van der Waals surface area contributed by atoms with Crippen LogP contribution in [0.15, 0.2) is 0 Å². The van der Waals surface area contributed by atoms with E-state index < -0.39 is 5.54 Å². The maximum atomic E-state index is 13.0. The lowest BCUT2D eigenvalue weighted by atomic mass is 9.95. The Morgan fingerprint density at radius 3 is 2.74 bits per heavy atom. The number of H-pyrrole nitrogens is 1. The van der Waals surface area contributed by atoms with Crippen LogP contribution in [-0.2, 0) is 16.0 Å². The zero-order valence-corrected chi connectivity index (χ0v) is 14.3. The van der Waals surface area contributed by atoms with Gasteiger partial charge in [0.05, 0.1) is 17.9 Å².